The Labute approximate surface area is 78.3 Å². The zero-order valence-electron chi connectivity index (χ0n) is 8.33. The molecule has 0 saturated carbocycles. The van der Waals surface area contributed by atoms with Crippen molar-refractivity contribution in [2.75, 3.05) is 0 Å². The van der Waals surface area contributed by atoms with Gasteiger partial charge in [0.1, 0.15) is 6.04 Å². The Kier molecular flexibility index (Phi) is 5.11. The summed E-state index contributed by atoms with van der Waals surface area (Å²) in [6, 6.07) is -0.752. The number of carboxylic acid groups (broad SMARTS) is 1. The van der Waals surface area contributed by atoms with Crippen molar-refractivity contribution in [3.05, 3.63) is 0 Å². The first-order chi connectivity index (χ1) is 6.02. The number of hydrogen-bond donors (Lipinski definition) is 2. The molecule has 0 saturated heterocycles. The first-order valence-corrected chi connectivity index (χ1v) is 4.55. The van der Waals surface area contributed by atoms with Crippen molar-refractivity contribution in [3.63, 3.8) is 0 Å². The minimum atomic E-state index is -0.962. The van der Waals surface area contributed by atoms with E-state index in [1.54, 1.807) is 6.92 Å². The normalized spacial score (nSPS) is 14.7. The van der Waals surface area contributed by atoms with Crippen LogP contribution in [0.25, 0.3) is 0 Å². The smallest absolute Gasteiger partial charge is 0.326 e. The molecule has 0 aromatic carbocycles. The third-order valence-electron chi connectivity index (χ3n) is 2.12. The second-order valence-electron chi connectivity index (χ2n) is 3.12. The third-order valence-corrected chi connectivity index (χ3v) is 2.12. The summed E-state index contributed by atoms with van der Waals surface area (Å²) in [7, 11) is 0. The SMILES string of the molecule is CCC(=O)NC(C(=O)O)C(C)CC. The zero-order valence-corrected chi connectivity index (χ0v) is 8.33. The summed E-state index contributed by atoms with van der Waals surface area (Å²) in [6.45, 7) is 5.41. The number of carboxylic acids is 1. The summed E-state index contributed by atoms with van der Waals surface area (Å²) >= 11 is 0. The van der Waals surface area contributed by atoms with E-state index in [0.29, 0.717) is 6.42 Å². The van der Waals surface area contributed by atoms with Crippen LogP contribution in [0.1, 0.15) is 33.6 Å². The van der Waals surface area contributed by atoms with Crippen LogP contribution in [0.4, 0.5) is 0 Å². The molecule has 4 nitrogen and oxygen atoms in total. The van der Waals surface area contributed by atoms with E-state index in [2.05, 4.69) is 5.32 Å². The minimum Gasteiger partial charge on any atom is -0.480 e. The monoisotopic (exact) mass is 187 g/mol. The lowest BCUT2D eigenvalue weighted by molar-refractivity contribution is -0.143. The second kappa shape index (κ2) is 5.56. The maximum absolute atomic E-state index is 11.0. The molecule has 0 aliphatic carbocycles. The lowest BCUT2D eigenvalue weighted by atomic mass is 9.99. The number of amides is 1. The van der Waals surface area contributed by atoms with Crippen molar-refractivity contribution in [1.82, 2.24) is 5.32 Å². The van der Waals surface area contributed by atoms with Gasteiger partial charge >= 0.3 is 5.97 Å². The second-order valence-corrected chi connectivity index (χ2v) is 3.12. The molecule has 4 heteroatoms. The Morgan fingerprint density at radius 1 is 1.38 bits per heavy atom. The Hall–Kier alpha value is -1.06. The van der Waals surface area contributed by atoms with E-state index in [0.717, 1.165) is 6.42 Å². The number of rotatable bonds is 5. The van der Waals surface area contributed by atoms with E-state index in [4.69, 9.17) is 5.11 Å². The van der Waals surface area contributed by atoms with E-state index in [-0.39, 0.29) is 11.8 Å². The number of aliphatic carboxylic acids is 1. The van der Waals surface area contributed by atoms with Crippen molar-refractivity contribution >= 4 is 11.9 Å². The molecular formula is C9H17NO3. The topological polar surface area (TPSA) is 66.4 Å². The largest absolute Gasteiger partial charge is 0.480 e. The van der Waals surface area contributed by atoms with E-state index in [1.807, 2.05) is 13.8 Å². The van der Waals surface area contributed by atoms with E-state index < -0.39 is 12.0 Å². The highest BCUT2D eigenvalue weighted by atomic mass is 16.4. The Bertz CT molecular complexity index is 191. The first kappa shape index (κ1) is 11.9. The molecule has 0 aliphatic heterocycles. The molecule has 0 aromatic heterocycles. The molecule has 2 unspecified atom stereocenters. The zero-order chi connectivity index (χ0) is 10.4. The molecule has 76 valence electrons. The van der Waals surface area contributed by atoms with Gasteiger partial charge in [-0.05, 0) is 5.92 Å². The summed E-state index contributed by atoms with van der Waals surface area (Å²) in [4.78, 5) is 21.7. The quantitative estimate of drug-likeness (QED) is 0.675. The van der Waals surface area contributed by atoms with Crippen LogP contribution in [-0.4, -0.2) is 23.0 Å². The molecule has 0 radical (unpaired) electrons. The van der Waals surface area contributed by atoms with Gasteiger partial charge in [-0.15, -0.1) is 0 Å². The summed E-state index contributed by atoms with van der Waals surface area (Å²) in [5.74, 6) is -1.21. The summed E-state index contributed by atoms with van der Waals surface area (Å²) in [5.41, 5.74) is 0. The highest BCUT2D eigenvalue weighted by Crippen LogP contribution is 2.07. The van der Waals surface area contributed by atoms with Gasteiger partial charge in [0, 0.05) is 6.42 Å². The van der Waals surface area contributed by atoms with Gasteiger partial charge in [-0.3, -0.25) is 4.79 Å². The predicted octanol–water partition coefficient (Wildman–Crippen LogP) is 1.01. The van der Waals surface area contributed by atoms with Gasteiger partial charge in [0.15, 0.2) is 0 Å². The number of carbonyl (C=O) groups is 2. The van der Waals surface area contributed by atoms with Gasteiger partial charge in [0.05, 0.1) is 0 Å². The fourth-order valence-corrected chi connectivity index (χ4v) is 0.959. The van der Waals surface area contributed by atoms with E-state index in [9.17, 15) is 9.59 Å². The van der Waals surface area contributed by atoms with Gasteiger partial charge in [-0.2, -0.15) is 0 Å². The Morgan fingerprint density at radius 3 is 2.23 bits per heavy atom. The van der Waals surface area contributed by atoms with Gasteiger partial charge in [-0.25, -0.2) is 4.79 Å². The maximum Gasteiger partial charge on any atom is 0.326 e. The minimum absolute atomic E-state index is 0.0343. The lowest BCUT2D eigenvalue weighted by Gasteiger charge is -2.19. The third kappa shape index (κ3) is 3.92. The Balaban J connectivity index is 4.26. The van der Waals surface area contributed by atoms with Crippen LogP contribution in [0.5, 0.6) is 0 Å². The van der Waals surface area contributed by atoms with Crippen LogP contribution in [-0.2, 0) is 9.59 Å². The van der Waals surface area contributed by atoms with Crippen LogP contribution in [0.3, 0.4) is 0 Å². The molecule has 0 rings (SSSR count). The fourth-order valence-electron chi connectivity index (χ4n) is 0.959. The van der Waals surface area contributed by atoms with Crippen molar-refractivity contribution in [2.24, 2.45) is 5.92 Å². The summed E-state index contributed by atoms with van der Waals surface area (Å²) < 4.78 is 0. The fraction of sp³-hybridized carbons (Fsp3) is 0.778. The number of hydrogen-bond acceptors (Lipinski definition) is 2. The van der Waals surface area contributed by atoms with Gasteiger partial charge in [0.2, 0.25) is 5.91 Å². The molecular weight excluding hydrogens is 170 g/mol. The van der Waals surface area contributed by atoms with Crippen LogP contribution >= 0.6 is 0 Å². The average molecular weight is 187 g/mol. The van der Waals surface area contributed by atoms with Gasteiger partial charge < -0.3 is 10.4 Å². The van der Waals surface area contributed by atoms with Crippen LogP contribution in [0, 0.1) is 5.92 Å². The van der Waals surface area contributed by atoms with Crippen molar-refractivity contribution in [1.29, 1.82) is 0 Å². The molecule has 1 amide bonds. The highest BCUT2D eigenvalue weighted by Gasteiger charge is 2.24. The number of carbonyl (C=O) groups excluding carboxylic acids is 1. The number of nitrogens with one attached hydrogen (secondary N) is 1. The first-order valence-electron chi connectivity index (χ1n) is 4.55. The van der Waals surface area contributed by atoms with Crippen molar-refractivity contribution in [2.45, 2.75) is 39.7 Å². The molecule has 0 bridgehead atoms. The lowest BCUT2D eigenvalue weighted by Crippen LogP contribution is -2.44. The maximum atomic E-state index is 11.0. The molecule has 2 atom stereocenters. The van der Waals surface area contributed by atoms with Gasteiger partial charge in [0.25, 0.3) is 0 Å². The molecule has 0 fully saturated rings. The van der Waals surface area contributed by atoms with Crippen LogP contribution < -0.4 is 5.32 Å². The molecule has 0 heterocycles. The molecule has 13 heavy (non-hydrogen) atoms. The summed E-state index contributed by atoms with van der Waals surface area (Å²) in [6.07, 6.45) is 1.06. The van der Waals surface area contributed by atoms with Crippen molar-refractivity contribution in [3.8, 4) is 0 Å². The van der Waals surface area contributed by atoms with Gasteiger partial charge in [-0.1, -0.05) is 27.2 Å². The van der Waals surface area contributed by atoms with Crippen LogP contribution in [0.15, 0.2) is 0 Å². The molecule has 0 aromatic rings. The van der Waals surface area contributed by atoms with Crippen molar-refractivity contribution < 1.29 is 14.7 Å². The van der Waals surface area contributed by atoms with Crippen LogP contribution in [0.2, 0.25) is 0 Å². The standard InChI is InChI=1S/C9H17NO3/c1-4-6(3)8(9(12)13)10-7(11)5-2/h6,8H,4-5H2,1-3H3,(H,10,11)(H,12,13). The average Bonchev–Trinajstić information content (AvgIpc) is 2.11. The van der Waals surface area contributed by atoms with E-state index in [1.165, 1.54) is 0 Å². The molecule has 0 spiro atoms. The molecule has 2 N–H and O–H groups in total. The predicted molar refractivity (Wildman–Crippen MR) is 49.3 cm³/mol. The molecule has 0 aliphatic rings. The van der Waals surface area contributed by atoms with E-state index >= 15 is 0 Å². The summed E-state index contributed by atoms with van der Waals surface area (Å²) in [5, 5.41) is 11.3. The highest BCUT2D eigenvalue weighted by molar-refractivity contribution is 5.83. The Morgan fingerprint density at radius 2 is 1.92 bits per heavy atom.